The molecule has 0 aliphatic heterocycles. The van der Waals surface area contributed by atoms with E-state index in [9.17, 15) is 9.59 Å². The topological polar surface area (TPSA) is 58.9 Å². The standard InChI is InChI=1S/C15H9N2O2/c18-10-16-14-7-3-1-5-12(14)9-13-6-2-4-8-15(13)17-11-19/h1-9H. The predicted molar refractivity (Wildman–Crippen MR) is 71.0 cm³/mol. The van der Waals surface area contributed by atoms with Gasteiger partial charge in [0.15, 0.2) is 0 Å². The molecule has 0 N–H and O–H groups in total. The van der Waals surface area contributed by atoms with E-state index < -0.39 is 0 Å². The van der Waals surface area contributed by atoms with E-state index in [0.717, 1.165) is 11.1 Å². The van der Waals surface area contributed by atoms with Gasteiger partial charge in [0, 0.05) is 6.42 Å². The van der Waals surface area contributed by atoms with Gasteiger partial charge in [0.25, 0.3) is 0 Å². The maximum absolute atomic E-state index is 10.4. The van der Waals surface area contributed by atoms with E-state index in [1.165, 1.54) is 12.2 Å². The number of benzene rings is 2. The van der Waals surface area contributed by atoms with Crippen LogP contribution in [0.15, 0.2) is 58.5 Å². The van der Waals surface area contributed by atoms with Crippen molar-refractivity contribution >= 4 is 23.5 Å². The Morgan fingerprint density at radius 3 is 1.58 bits per heavy atom. The number of hydrogen-bond donors (Lipinski definition) is 0. The molecule has 0 saturated heterocycles. The fraction of sp³-hybridized carbons (Fsp3) is 0. The van der Waals surface area contributed by atoms with Crippen LogP contribution in [0, 0.1) is 6.42 Å². The number of para-hydroxylation sites is 2. The number of nitrogens with zero attached hydrogens (tertiary/aromatic N) is 2. The fourth-order valence-corrected chi connectivity index (χ4v) is 1.69. The Labute approximate surface area is 110 Å². The molecule has 0 atom stereocenters. The van der Waals surface area contributed by atoms with Crippen LogP contribution in [0.2, 0.25) is 0 Å². The minimum Gasteiger partial charge on any atom is -0.211 e. The summed E-state index contributed by atoms with van der Waals surface area (Å²) in [6, 6.07) is 14.3. The van der Waals surface area contributed by atoms with Crippen molar-refractivity contribution in [1.82, 2.24) is 0 Å². The van der Waals surface area contributed by atoms with Gasteiger partial charge in [-0.2, -0.15) is 9.98 Å². The van der Waals surface area contributed by atoms with Gasteiger partial charge in [0.05, 0.1) is 11.4 Å². The molecule has 0 amide bonds. The van der Waals surface area contributed by atoms with E-state index in [1.807, 2.05) is 24.3 Å². The summed E-state index contributed by atoms with van der Waals surface area (Å²) in [5, 5.41) is 0. The van der Waals surface area contributed by atoms with Gasteiger partial charge in [-0.1, -0.05) is 36.4 Å². The molecule has 0 saturated carbocycles. The molecular formula is C15H9N2O2. The maximum Gasteiger partial charge on any atom is 0.240 e. The largest absolute Gasteiger partial charge is 0.240 e. The normalized spacial score (nSPS) is 9.26. The summed E-state index contributed by atoms with van der Waals surface area (Å²) in [5.41, 5.74) is 2.53. The van der Waals surface area contributed by atoms with Crippen molar-refractivity contribution < 1.29 is 9.59 Å². The summed E-state index contributed by atoms with van der Waals surface area (Å²) in [7, 11) is 0. The lowest BCUT2D eigenvalue weighted by Crippen LogP contribution is -1.86. The summed E-state index contributed by atoms with van der Waals surface area (Å²) < 4.78 is 0. The molecule has 2 aromatic rings. The first-order chi connectivity index (χ1) is 9.35. The summed E-state index contributed by atoms with van der Waals surface area (Å²) >= 11 is 0. The third kappa shape index (κ3) is 3.11. The zero-order valence-corrected chi connectivity index (χ0v) is 9.91. The monoisotopic (exact) mass is 249 g/mol. The molecule has 4 nitrogen and oxygen atoms in total. The first-order valence-electron chi connectivity index (χ1n) is 5.53. The summed E-state index contributed by atoms with van der Waals surface area (Å²) in [6.45, 7) is 0. The highest BCUT2D eigenvalue weighted by atomic mass is 16.1. The second kappa shape index (κ2) is 6.22. The van der Waals surface area contributed by atoms with Crippen molar-refractivity contribution in [3.05, 3.63) is 66.1 Å². The lowest BCUT2D eigenvalue weighted by atomic mass is 10.0. The highest BCUT2D eigenvalue weighted by Crippen LogP contribution is 2.27. The van der Waals surface area contributed by atoms with E-state index in [1.54, 1.807) is 30.7 Å². The van der Waals surface area contributed by atoms with Gasteiger partial charge in [-0.15, -0.1) is 0 Å². The van der Waals surface area contributed by atoms with Gasteiger partial charge in [-0.25, -0.2) is 9.59 Å². The van der Waals surface area contributed by atoms with Crippen LogP contribution >= 0.6 is 0 Å². The number of aliphatic imine (C=N–C) groups is 2. The Morgan fingerprint density at radius 2 is 1.16 bits per heavy atom. The van der Waals surface area contributed by atoms with Crippen LogP contribution in [0.3, 0.4) is 0 Å². The van der Waals surface area contributed by atoms with Crippen LogP contribution in [-0.4, -0.2) is 12.2 Å². The van der Waals surface area contributed by atoms with Crippen LogP contribution in [0.5, 0.6) is 0 Å². The smallest absolute Gasteiger partial charge is 0.211 e. The van der Waals surface area contributed by atoms with Gasteiger partial charge in [0.1, 0.15) is 0 Å². The number of hydrogen-bond acceptors (Lipinski definition) is 4. The summed E-state index contributed by atoms with van der Waals surface area (Å²) in [6.07, 6.45) is 4.84. The van der Waals surface area contributed by atoms with Gasteiger partial charge < -0.3 is 0 Å². The van der Waals surface area contributed by atoms with Crippen LogP contribution < -0.4 is 0 Å². The summed E-state index contributed by atoms with van der Waals surface area (Å²) in [4.78, 5) is 28.0. The summed E-state index contributed by atoms with van der Waals surface area (Å²) in [5.74, 6) is 0. The first kappa shape index (κ1) is 12.7. The SMILES string of the molecule is O=C=Nc1ccccc1[CH]c1ccccc1N=C=O. The molecule has 0 aliphatic carbocycles. The Balaban J connectivity index is 2.41. The minimum atomic E-state index is 0.516. The molecule has 0 spiro atoms. The molecule has 2 rings (SSSR count). The van der Waals surface area contributed by atoms with Crippen molar-refractivity contribution in [3.8, 4) is 0 Å². The first-order valence-corrected chi connectivity index (χ1v) is 5.53. The molecule has 19 heavy (non-hydrogen) atoms. The molecule has 0 bridgehead atoms. The molecule has 91 valence electrons. The van der Waals surface area contributed by atoms with Gasteiger partial charge in [-0.05, 0) is 23.3 Å². The third-order valence-electron chi connectivity index (χ3n) is 2.52. The van der Waals surface area contributed by atoms with Gasteiger partial charge in [0.2, 0.25) is 12.2 Å². The van der Waals surface area contributed by atoms with Crippen LogP contribution in [0.4, 0.5) is 11.4 Å². The molecule has 0 aliphatic rings. The zero-order chi connectivity index (χ0) is 13.5. The second-order valence-electron chi connectivity index (χ2n) is 3.67. The van der Waals surface area contributed by atoms with E-state index in [2.05, 4.69) is 9.98 Å². The lowest BCUT2D eigenvalue weighted by molar-refractivity contribution is 0.564. The molecule has 0 aromatic heterocycles. The van der Waals surface area contributed by atoms with E-state index in [-0.39, 0.29) is 0 Å². The predicted octanol–water partition coefficient (Wildman–Crippen LogP) is 3.22. The highest BCUT2D eigenvalue weighted by molar-refractivity contribution is 5.63. The quantitative estimate of drug-likeness (QED) is 0.617. The van der Waals surface area contributed by atoms with Crippen molar-refractivity contribution in [2.45, 2.75) is 0 Å². The number of isocyanates is 2. The Kier molecular flexibility index (Phi) is 4.14. The average molecular weight is 249 g/mol. The van der Waals surface area contributed by atoms with E-state index >= 15 is 0 Å². The van der Waals surface area contributed by atoms with Crippen molar-refractivity contribution in [1.29, 1.82) is 0 Å². The third-order valence-corrected chi connectivity index (χ3v) is 2.52. The van der Waals surface area contributed by atoms with Crippen molar-refractivity contribution in [3.63, 3.8) is 0 Å². The molecule has 4 heteroatoms. The number of carbonyl (C=O) groups excluding carboxylic acids is 2. The Morgan fingerprint density at radius 1 is 0.737 bits per heavy atom. The Hall–Kier alpha value is -2.80. The van der Waals surface area contributed by atoms with Gasteiger partial charge >= 0.3 is 0 Å². The molecule has 0 unspecified atom stereocenters. The van der Waals surface area contributed by atoms with Crippen LogP contribution in [0.1, 0.15) is 11.1 Å². The number of rotatable bonds is 4. The second-order valence-corrected chi connectivity index (χ2v) is 3.67. The van der Waals surface area contributed by atoms with Crippen molar-refractivity contribution in [2.75, 3.05) is 0 Å². The minimum absolute atomic E-state index is 0.516. The maximum atomic E-state index is 10.4. The molecule has 2 aromatic carbocycles. The van der Waals surface area contributed by atoms with Crippen LogP contribution in [-0.2, 0) is 9.59 Å². The fourth-order valence-electron chi connectivity index (χ4n) is 1.69. The lowest BCUT2D eigenvalue weighted by Gasteiger charge is -2.06. The average Bonchev–Trinajstić information content (AvgIpc) is 2.44. The molecule has 1 radical (unpaired) electrons. The van der Waals surface area contributed by atoms with Crippen LogP contribution in [0.25, 0.3) is 0 Å². The Bertz CT molecular complexity index is 623. The molecule has 0 fully saturated rings. The van der Waals surface area contributed by atoms with Gasteiger partial charge in [-0.3, -0.25) is 0 Å². The van der Waals surface area contributed by atoms with Crippen molar-refractivity contribution in [2.24, 2.45) is 9.98 Å². The molecular weight excluding hydrogens is 240 g/mol. The zero-order valence-electron chi connectivity index (χ0n) is 9.91. The molecule has 0 heterocycles. The highest BCUT2D eigenvalue weighted by Gasteiger charge is 2.06. The van der Waals surface area contributed by atoms with E-state index in [4.69, 9.17) is 0 Å². The van der Waals surface area contributed by atoms with E-state index in [0.29, 0.717) is 11.4 Å².